The van der Waals surface area contributed by atoms with E-state index in [1.165, 1.54) is 7.11 Å². The minimum Gasteiger partial charge on any atom is -0.469 e. The molecule has 0 spiro atoms. The molecule has 5 heteroatoms. The highest BCUT2D eigenvalue weighted by molar-refractivity contribution is 5.74. The maximum Gasteiger partial charge on any atom is 0.310 e. The van der Waals surface area contributed by atoms with Gasteiger partial charge in [0.15, 0.2) is 0 Å². The molecule has 1 rings (SSSR count). The first-order valence-corrected chi connectivity index (χ1v) is 6.35. The highest BCUT2D eigenvalue weighted by Crippen LogP contribution is 2.17. The summed E-state index contributed by atoms with van der Waals surface area (Å²) >= 11 is 0. The average molecular weight is 275 g/mol. The van der Waals surface area contributed by atoms with Crippen LogP contribution >= 0.6 is 0 Å². The topological polar surface area (TPSA) is 76.4 Å². The van der Waals surface area contributed by atoms with Crippen LogP contribution in [0, 0.1) is 11.3 Å². The van der Waals surface area contributed by atoms with Crippen LogP contribution in [0.5, 0.6) is 0 Å². The summed E-state index contributed by atoms with van der Waals surface area (Å²) in [6.45, 7) is 2.04. The van der Waals surface area contributed by atoms with Crippen LogP contribution in [0.1, 0.15) is 30.0 Å². The Balaban J connectivity index is 2.89. The first-order chi connectivity index (χ1) is 9.62. The van der Waals surface area contributed by atoms with Gasteiger partial charge in [-0.15, -0.1) is 0 Å². The third-order valence-electron chi connectivity index (χ3n) is 2.82. The Morgan fingerprint density at radius 3 is 2.55 bits per heavy atom. The number of aryl methyl sites for hydroxylation is 1. The first kappa shape index (κ1) is 15.7. The van der Waals surface area contributed by atoms with E-state index in [9.17, 15) is 14.9 Å². The number of carbonyl (C=O) groups is 2. The molecule has 0 aliphatic rings. The van der Waals surface area contributed by atoms with Crippen LogP contribution in [-0.2, 0) is 31.9 Å². The van der Waals surface area contributed by atoms with Crippen molar-refractivity contribution < 1.29 is 19.1 Å². The predicted octanol–water partition coefficient (Wildman–Crippen LogP) is 1.77. The lowest BCUT2D eigenvalue weighted by Gasteiger charge is -2.08. The van der Waals surface area contributed by atoms with Gasteiger partial charge in [0.05, 0.1) is 31.8 Å². The molecule has 0 saturated heterocycles. The summed E-state index contributed by atoms with van der Waals surface area (Å²) < 4.78 is 9.45. The van der Waals surface area contributed by atoms with Crippen molar-refractivity contribution in [2.24, 2.45) is 0 Å². The standard InChI is InChI=1S/C15H17NO4/c1-3-20-15(18)9-12-6-4-5-11(13(12)10-16)7-8-14(17)19-2/h4-6H,3,7-9H2,1-2H3. The van der Waals surface area contributed by atoms with Crippen LogP contribution in [0.15, 0.2) is 18.2 Å². The Hall–Kier alpha value is -2.35. The van der Waals surface area contributed by atoms with Crippen molar-refractivity contribution in [1.82, 2.24) is 0 Å². The second-order valence-electron chi connectivity index (χ2n) is 4.12. The molecule has 0 amide bonds. The van der Waals surface area contributed by atoms with Crippen LogP contribution in [0.2, 0.25) is 0 Å². The summed E-state index contributed by atoms with van der Waals surface area (Å²) in [6.07, 6.45) is 0.670. The fraction of sp³-hybridized carbons (Fsp3) is 0.400. The van der Waals surface area contributed by atoms with Gasteiger partial charge in [0.25, 0.3) is 0 Å². The number of hydrogen-bond acceptors (Lipinski definition) is 5. The highest BCUT2D eigenvalue weighted by Gasteiger charge is 2.13. The lowest BCUT2D eigenvalue weighted by Crippen LogP contribution is -2.10. The average Bonchev–Trinajstić information content (AvgIpc) is 2.45. The third kappa shape index (κ3) is 4.39. The molecule has 1 aromatic carbocycles. The molecule has 0 radical (unpaired) electrons. The van der Waals surface area contributed by atoms with Crippen molar-refractivity contribution in [1.29, 1.82) is 5.26 Å². The Labute approximate surface area is 118 Å². The minimum atomic E-state index is -0.367. The maximum atomic E-state index is 11.5. The molecule has 0 heterocycles. The minimum absolute atomic E-state index is 0.0583. The molecule has 0 aliphatic heterocycles. The summed E-state index contributed by atoms with van der Waals surface area (Å²) in [5.74, 6) is -0.696. The quantitative estimate of drug-likeness (QED) is 0.739. The highest BCUT2D eigenvalue weighted by atomic mass is 16.5. The van der Waals surface area contributed by atoms with Crippen molar-refractivity contribution in [2.45, 2.75) is 26.2 Å². The maximum absolute atomic E-state index is 11.5. The molecule has 0 N–H and O–H groups in total. The molecule has 0 atom stereocenters. The SMILES string of the molecule is CCOC(=O)Cc1cccc(CCC(=O)OC)c1C#N. The van der Waals surface area contributed by atoms with Gasteiger partial charge in [0.1, 0.15) is 0 Å². The van der Waals surface area contributed by atoms with Crippen molar-refractivity contribution >= 4 is 11.9 Å². The number of esters is 2. The van der Waals surface area contributed by atoms with E-state index in [0.717, 1.165) is 5.56 Å². The Morgan fingerprint density at radius 1 is 1.25 bits per heavy atom. The molecular weight excluding hydrogens is 258 g/mol. The normalized spacial score (nSPS) is 9.65. The van der Waals surface area contributed by atoms with E-state index in [-0.39, 0.29) is 24.8 Å². The monoisotopic (exact) mass is 275 g/mol. The van der Waals surface area contributed by atoms with Crippen molar-refractivity contribution in [3.8, 4) is 6.07 Å². The van der Waals surface area contributed by atoms with Crippen molar-refractivity contribution in [3.05, 3.63) is 34.9 Å². The van der Waals surface area contributed by atoms with E-state index in [2.05, 4.69) is 10.8 Å². The molecule has 0 aliphatic carbocycles. The number of benzene rings is 1. The van der Waals surface area contributed by atoms with E-state index in [0.29, 0.717) is 24.2 Å². The number of carbonyl (C=O) groups excluding carboxylic acids is 2. The Bertz CT molecular complexity index is 531. The number of nitrogens with zero attached hydrogens (tertiary/aromatic N) is 1. The second kappa shape index (κ2) is 7.95. The predicted molar refractivity (Wildman–Crippen MR) is 71.8 cm³/mol. The van der Waals surface area contributed by atoms with E-state index >= 15 is 0 Å². The molecule has 106 valence electrons. The zero-order chi connectivity index (χ0) is 15.0. The summed E-state index contributed by atoms with van der Waals surface area (Å²) in [5, 5.41) is 9.25. The molecule has 5 nitrogen and oxygen atoms in total. The number of hydrogen-bond donors (Lipinski definition) is 0. The van der Waals surface area contributed by atoms with Gasteiger partial charge in [-0.05, 0) is 24.5 Å². The van der Waals surface area contributed by atoms with Gasteiger partial charge >= 0.3 is 11.9 Å². The second-order valence-corrected chi connectivity index (χ2v) is 4.12. The number of nitriles is 1. The number of rotatable bonds is 6. The molecule has 0 saturated carbocycles. The van der Waals surface area contributed by atoms with Gasteiger partial charge in [0.2, 0.25) is 0 Å². The summed E-state index contributed by atoms with van der Waals surface area (Å²) in [7, 11) is 1.32. The molecule has 0 unspecified atom stereocenters. The van der Waals surface area contributed by atoms with Gasteiger partial charge in [-0.25, -0.2) is 0 Å². The molecule has 0 bridgehead atoms. The molecule has 20 heavy (non-hydrogen) atoms. The van der Waals surface area contributed by atoms with Gasteiger partial charge in [-0.1, -0.05) is 18.2 Å². The van der Waals surface area contributed by atoms with Crippen LogP contribution in [-0.4, -0.2) is 25.7 Å². The molecule has 1 aromatic rings. The summed E-state index contributed by atoms with van der Waals surface area (Å²) in [6, 6.07) is 7.35. The molecule has 0 fully saturated rings. The van der Waals surface area contributed by atoms with Gasteiger partial charge < -0.3 is 9.47 Å². The summed E-state index contributed by atoms with van der Waals surface area (Å²) in [5.41, 5.74) is 1.79. The van der Waals surface area contributed by atoms with Crippen LogP contribution in [0.3, 0.4) is 0 Å². The van der Waals surface area contributed by atoms with E-state index in [4.69, 9.17) is 4.74 Å². The zero-order valence-corrected chi connectivity index (χ0v) is 11.6. The fourth-order valence-electron chi connectivity index (χ4n) is 1.86. The Morgan fingerprint density at radius 2 is 1.95 bits per heavy atom. The first-order valence-electron chi connectivity index (χ1n) is 6.35. The van der Waals surface area contributed by atoms with Gasteiger partial charge in [-0.3, -0.25) is 9.59 Å². The molecule has 0 aromatic heterocycles. The number of ether oxygens (including phenoxy) is 2. The number of methoxy groups -OCH3 is 1. The lowest BCUT2D eigenvalue weighted by molar-refractivity contribution is -0.142. The van der Waals surface area contributed by atoms with E-state index in [1.807, 2.05) is 0 Å². The van der Waals surface area contributed by atoms with Crippen LogP contribution in [0.25, 0.3) is 0 Å². The zero-order valence-electron chi connectivity index (χ0n) is 11.6. The van der Waals surface area contributed by atoms with Gasteiger partial charge in [0, 0.05) is 6.42 Å². The van der Waals surface area contributed by atoms with E-state index in [1.54, 1.807) is 25.1 Å². The smallest absolute Gasteiger partial charge is 0.310 e. The third-order valence-corrected chi connectivity index (χ3v) is 2.82. The lowest BCUT2D eigenvalue weighted by atomic mass is 9.97. The van der Waals surface area contributed by atoms with Crippen LogP contribution in [0.4, 0.5) is 0 Å². The molecular formula is C15H17NO4. The largest absolute Gasteiger partial charge is 0.469 e. The van der Waals surface area contributed by atoms with Crippen molar-refractivity contribution in [2.75, 3.05) is 13.7 Å². The Kier molecular flexibility index (Phi) is 6.24. The van der Waals surface area contributed by atoms with Crippen LogP contribution < -0.4 is 0 Å². The summed E-state index contributed by atoms with van der Waals surface area (Å²) in [4.78, 5) is 22.7. The van der Waals surface area contributed by atoms with Gasteiger partial charge in [-0.2, -0.15) is 5.26 Å². The van der Waals surface area contributed by atoms with E-state index < -0.39 is 0 Å². The fourth-order valence-corrected chi connectivity index (χ4v) is 1.86. The van der Waals surface area contributed by atoms with Crippen molar-refractivity contribution in [3.63, 3.8) is 0 Å².